The van der Waals surface area contributed by atoms with Gasteiger partial charge in [0.2, 0.25) is 5.91 Å². The number of hydrogen-bond donors (Lipinski definition) is 2. The van der Waals surface area contributed by atoms with E-state index in [4.69, 9.17) is 4.74 Å². The summed E-state index contributed by atoms with van der Waals surface area (Å²) < 4.78 is 5.56. The summed E-state index contributed by atoms with van der Waals surface area (Å²) in [7, 11) is 0. The van der Waals surface area contributed by atoms with Crippen LogP contribution in [0.4, 0.5) is 10.5 Å². The molecule has 0 aromatic heterocycles. The number of anilines is 1. The number of carbonyl (C=O) groups is 3. The van der Waals surface area contributed by atoms with Crippen LogP contribution in [0.3, 0.4) is 0 Å². The molecular weight excluding hydrogens is 582 g/mol. The molecule has 3 aromatic rings. The molecule has 3 unspecified atom stereocenters. The van der Waals surface area contributed by atoms with Gasteiger partial charge in [-0.2, -0.15) is 11.8 Å². The lowest BCUT2D eigenvalue weighted by atomic mass is 9.91. The summed E-state index contributed by atoms with van der Waals surface area (Å²) in [6.45, 7) is 15.6. The fourth-order valence-electron chi connectivity index (χ4n) is 5.57. The van der Waals surface area contributed by atoms with Crippen molar-refractivity contribution in [3.8, 4) is 0 Å². The molecule has 0 spiro atoms. The van der Waals surface area contributed by atoms with Crippen LogP contribution in [0.2, 0.25) is 0 Å². The maximum atomic E-state index is 14.8. The second kappa shape index (κ2) is 16.2. The lowest BCUT2D eigenvalue weighted by Crippen LogP contribution is -2.55. The molecule has 3 atom stereocenters. The van der Waals surface area contributed by atoms with Crippen molar-refractivity contribution in [2.24, 2.45) is 5.92 Å². The van der Waals surface area contributed by atoms with Gasteiger partial charge in [0.25, 0.3) is 5.91 Å². The predicted octanol–water partition coefficient (Wildman–Crippen LogP) is 8.44. The highest BCUT2D eigenvalue weighted by Crippen LogP contribution is 2.33. The predicted molar refractivity (Wildman–Crippen MR) is 188 cm³/mol. The molecule has 2 N–H and O–H groups in total. The number of nitrogens with one attached hydrogen (secondary N) is 2. The first-order valence-corrected chi connectivity index (χ1v) is 17.3. The third-order valence-electron chi connectivity index (χ3n) is 7.85. The van der Waals surface area contributed by atoms with Crippen LogP contribution < -0.4 is 10.6 Å². The minimum atomic E-state index is -0.926. The Balaban J connectivity index is 2.14. The number of alkyl carbamates (subject to hydrolysis) is 1. The molecule has 0 aliphatic carbocycles. The molecule has 0 heterocycles. The molecule has 3 aromatic carbocycles. The van der Waals surface area contributed by atoms with Crippen LogP contribution in [0.15, 0.2) is 60.7 Å². The highest BCUT2D eigenvalue weighted by Gasteiger charge is 2.40. The largest absolute Gasteiger partial charge is 0.444 e. The zero-order valence-corrected chi connectivity index (χ0v) is 29.2. The molecule has 0 aliphatic heterocycles. The van der Waals surface area contributed by atoms with Gasteiger partial charge in [0.05, 0.1) is 0 Å². The summed E-state index contributed by atoms with van der Waals surface area (Å²) in [4.78, 5) is 44.0. The number of fused-ring (bicyclic) bond motifs is 1. The van der Waals surface area contributed by atoms with E-state index in [9.17, 15) is 14.4 Å². The van der Waals surface area contributed by atoms with E-state index < -0.39 is 23.8 Å². The molecule has 8 heteroatoms. The molecule has 244 valence electrons. The van der Waals surface area contributed by atoms with Crippen molar-refractivity contribution >= 4 is 46.1 Å². The molecule has 0 aliphatic rings. The Morgan fingerprint density at radius 1 is 0.867 bits per heavy atom. The van der Waals surface area contributed by atoms with E-state index in [1.165, 1.54) is 0 Å². The van der Waals surface area contributed by atoms with Gasteiger partial charge in [-0.3, -0.25) is 9.59 Å². The first-order valence-electron chi connectivity index (χ1n) is 15.9. The van der Waals surface area contributed by atoms with Crippen LogP contribution in [-0.4, -0.2) is 52.5 Å². The van der Waals surface area contributed by atoms with Crippen molar-refractivity contribution in [1.29, 1.82) is 0 Å². The maximum absolute atomic E-state index is 14.8. The highest BCUT2D eigenvalue weighted by atomic mass is 32.2. The lowest BCUT2D eigenvalue weighted by molar-refractivity contribution is -0.143. The second-order valence-corrected chi connectivity index (χ2v) is 14.3. The summed E-state index contributed by atoms with van der Waals surface area (Å²) in [5.41, 5.74) is 2.57. The molecule has 45 heavy (non-hydrogen) atoms. The van der Waals surface area contributed by atoms with E-state index in [1.807, 2.05) is 87.7 Å². The van der Waals surface area contributed by atoms with Crippen LogP contribution in [0.25, 0.3) is 10.8 Å². The first kappa shape index (κ1) is 36.0. The Morgan fingerprint density at radius 3 is 2.11 bits per heavy atom. The van der Waals surface area contributed by atoms with Crippen molar-refractivity contribution in [3.63, 3.8) is 0 Å². The van der Waals surface area contributed by atoms with Crippen LogP contribution in [0.5, 0.6) is 0 Å². The number of benzene rings is 3. The molecule has 0 radical (unpaired) electrons. The lowest BCUT2D eigenvalue weighted by Gasteiger charge is -2.39. The summed E-state index contributed by atoms with van der Waals surface area (Å²) in [5, 5.41) is 8.09. The summed E-state index contributed by atoms with van der Waals surface area (Å²) in [5.74, 6) is 0.472. The number of hydrogen-bond acceptors (Lipinski definition) is 5. The minimum absolute atomic E-state index is 0.288. The van der Waals surface area contributed by atoms with E-state index in [1.54, 1.807) is 37.4 Å². The van der Waals surface area contributed by atoms with Crippen LogP contribution in [0, 0.1) is 19.8 Å². The van der Waals surface area contributed by atoms with E-state index in [0.29, 0.717) is 30.2 Å². The Kier molecular flexibility index (Phi) is 12.9. The molecule has 3 rings (SSSR count). The van der Waals surface area contributed by atoms with Crippen molar-refractivity contribution in [3.05, 3.63) is 77.4 Å². The Hall–Kier alpha value is -3.52. The second-order valence-electron chi connectivity index (χ2n) is 13.3. The van der Waals surface area contributed by atoms with E-state index in [2.05, 4.69) is 24.5 Å². The fraction of sp³-hybridized carbons (Fsp3) is 0.486. The third-order valence-corrected chi connectivity index (χ3v) is 8.49. The van der Waals surface area contributed by atoms with Gasteiger partial charge in [0.15, 0.2) is 0 Å². The number of nitrogens with zero attached hydrogens (tertiary/aromatic N) is 1. The van der Waals surface area contributed by atoms with Gasteiger partial charge in [-0.25, -0.2) is 4.79 Å². The Morgan fingerprint density at radius 2 is 1.51 bits per heavy atom. The van der Waals surface area contributed by atoms with Crippen molar-refractivity contribution in [1.82, 2.24) is 10.2 Å². The van der Waals surface area contributed by atoms with Gasteiger partial charge >= 0.3 is 6.09 Å². The standard InChI is InChI=1S/C37H51N3O4S/c1-24(2)17-18-27(5)40(35(42)31(21-22-45-9)39-36(43)44-37(6,7)8)33(32-25(3)13-12-14-26(32)4)34(41)38-30-20-19-28-15-10-11-16-29(28)23-30/h10-16,19-20,23-24,27,31,33H,17-18,21-22H2,1-9H3,(H,38,41)(H,39,43). The minimum Gasteiger partial charge on any atom is -0.444 e. The van der Waals surface area contributed by atoms with Gasteiger partial charge in [-0.15, -0.1) is 0 Å². The number of rotatable bonds is 13. The van der Waals surface area contributed by atoms with Gasteiger partial charge in [-0.1, -0.05) is 62.4 Å². The number of aryl methyl sites for hydroxylation is 2. The van der Waals surface area contributed by atoms with E-state index >= 15 is 0 Å². The Bertz CT molecular complexity index is 1450. The van der Waals surface area contributed by atoms with Crippen molar-refractivity contribution < 1.29 is 19.1 Å². The van der Waals surface area contributed by atoms with Crippen molar-refractivity contribution in [2.75, 3.05) is 17.3 Å². The number of carbonyl (C=O) groups excluding carboxylic acids is 3. The van der Waals surface area contributed by atoms with Gasteiger partial charge in [0, 0.05) is 11.7 Å². The van der Waals surface area contributed by atoms with E-state index in [0.717, 1.165) is 33.9 Å². The monoisotopic (exact) mass is 633 g/mol. The maximum Gasteiger partial charge on any atom is 0.408 e. The van der Waals surface area contributed by atoms with Gasteiger partial charge in [0.1, 0.15) is 17.7 Å². The van der Waals surface area contributed by atoms with Crippen LogP contribution in [-0.2, 0) is 14.3 Å². The third kappa shape index (κ3) is 10.2. The van der Waals surface area contributed by atoms with Gasteiger partial charge < -0.3 is 20.3 Å². The molecule has 3 amide bonds. The van der Waals surface area contributed by atoms with Crippen LogP contribution >= 0.6 is 11.8 Å². The zero-order chi connectivity index (χ0) is 33.3. The normalized spacial score (nSPS) is 13.6. The van der Waals surface area contributed by atoms with Crippen LogP contribution in [0.1, 0.15) is 83.5 Å². The smallest absolute Gasteiger partial charge is 0.408 e. The SMILES string of the molecule is CSCCC(NC(=O)OC(C)(C)C)C(=O)N(C(C)CCC(C)C)C(C(=O)Nc1ccc2ccccc2c1)c1c(C)cccc1C. The summed E-state index contributed by atoms with van der Waals surface area (Å²) in [6, 6.07) is 17.7. The molecule has 0 fully saturated rings. The molecule has 0 saturated carbocycles. The van der Waals surface area contributed by atoms with Crippen molar-refractivity contribution in [2.45, 2.75) is 98.4 Å². The first-order chi connectivity index (χ1) is 21.2. The quantitative estimate of drug-likeness (QED) is 0.197. The average Bonchev–Trinajstić information content (AvgIpc) is 2.96. The van der Waals surface area contributed by atoms with E-state index in [-0.39, 0.29) is 17.9 Å². The van der Waals surface area contributed by atoms with Gasteiger partial charge in [-0.05, 0) is 118 Å². The molecule has 7 nitrogen and oxygen atoms in total. The highest BCUT2D eigenvalue weighted by molar-refractivity contribution is 7.98. The number of amides is 3. The number of thioether (sulfide) groups is 1. The molecule has 0 bridgehead atoms. The molecular formula is C37H51N3O4S. The summed E-state index contributed by atoms with van der Waals surface area (Å²) in [6.07, 6.45) is 3.30. The average molecular weight is 634 g/mol. The molecule has 0 saturated heterocycles. The Labute approximate surface area is 273 Å². The zero-order valence-electron chi connectivity index (χ0n) is 28.4. The summed E-state index contributed by atoms with van der Waals surface area (Å²) >= 11 is 1.60. The number of ether oxygens (including phenoxy) is 1. The fourth-order valence-corrected chi connectivity index (χ4v) is 6.04. The topological polar surface area (TPSA) is 87.7 Å².